The van der Waals surface area contributed by atoms with Crippen molar-refractivity contribution in [3.8, 4) is 0 Å². The predicted molar refractivity (Wildman–Crippen MR) is 114 cm³/mol. The summed E-state index contributed by atoms with van der Waals surface area (Å²) in [6.07, 6.45) is 11.1. The first-order valence-corrected chi connectivity index (χ1v) is 11.8. The number of amides is 1. The molecule has 1 aliphatic rings. The van der Waals surface area contributed by atoms with Crippen molar-refractivity contribution in [3.63, 3.8) is 0 Å². The number of oxime groups is 1. The number of sulfone groups is 1. The molecule has 30 heavy (non-hydrogen) atoms. The largest absolute Gasteiger partial charge is 0.411 e. The number of benzene rings is 1. The third kappa shape index (κ3) is 5.85. The molecule has 0 bridgehead atoms. The summed E-state index contributed by atoms with van der Waals surface area (Å²) < 4.78 is 23.5. The van der Waals surface area contributed by atoms with Crippen molar-refractivity contribution < 1.29 is 18.4 Å². The van der Waals surface area contributed by atoms with Crippen LogP contribution in [-0.4, -0.2) is 42.0 Å². The molecule has 8 nitrogen and oxygen atoms in total. The highest BCUT2D eigenvalue weighted by atomic mass is 32.2. The first kappa shape index (κ1) is 21.9. The summed E-state index contributed by atoms with van der Waals surface area (Å²) in [5.74, 6) is 0.230. The van der Waals surface area contributed by atoms with Crippen molar-refractivity contribution in [1.29, 1.82) is 0 Å². The Morgan fingerprint density at radius 3 is 2.50 bits per heavy atom. The van der Waals surface area contributed by atoms with Crippen LogP contribution in [0.2, 0.25) is 0 Å². The van der Waals surface area contributed by atoms with Gasteiger partial charge in [-0.25, -0.2) is 13.4 Å². The van der Waals surface area contributed by atoms with Crippen LogP contribution in [-0.2, 0) is 21.1 Å². The topological polar surface area (TPSA) is 122 Å². The molecule has 0 unspecified atom stereocenters. The number of nitrogens with zero attached hydrogens (tertiary/aromatic N) is 3. The second kappa shape index (κ2) is 9.80. The van der Waals surface area contributed by atoms with E-state index in [1.54, 1.807) is 24.3 Å². The fourth-order valence-corrected chi connectivity index (χ4v) is 4.42. The number of carbonyl (C=O) groups is 1. The molecule has 0 radical (unpaired) electrons. The van der Waals surface area contributed by atoms with Crippen LogP contribution in [0.5, 0.6) is 0 Å². The van der Waals surface area contributed by atoms with E-state index in [1.165, 1.54) is 37.7 Å². The maximum atomic E-state index is 13.1. The van der Waals surface area contributed by atoms with Crippen LogP contribution in [0.3, 0.4) is 0 Å². The van der Waals surface area contributed by atoms with Gasteiger partial charge >= 0.3 is 0 Å². The molecule has 1 aliphatic carbocycles. The Labute approximate surface area is 176 Å². The fraction of sp³-hybridized carbons (Fsp3) is 0.429. The van der Waals surface area contributed by atoms with Gasteiger partial charge < -0.3 is 10.5 Å². The fourth-order valence-electron chi connectivity index (χ4n) is 3.79. The molecule has 1 aromatic carbocycles. The highest BCUT2D eigenvalue weighted by molar-refractivity contribution is 7.90. The van der Waals surface area contributed by atoms with Crippen LogP contribution in [0.1, 0.15) is 49.3 Å². The van der Waals surface area contributed by atoms with Crippen molar-refractivity contribution in [2.75, 3.05) is 11.6 Å². The lowest BCUT2D eigenvalue weighted by molar-refractivity contribution is -0.118. The number of anilines is 1. The molecule has 0 saturated heterocycles. The van der Waals surface area contributed by atoms with Gasteiger partial charge in [0.1, 0.15) is 0 Å². The van der Waals surface area contributed by atoms with Crippen molar-refractivity contribution in [1.82, 2.24) is 9.97 Å². The van der Waals surface area contributed by atoms with Crippen LogP contribution in [0, 0.1) is 5.92 Å². The molecule has 1 fully saturated rings. The van der Waals surface area contributed by atoms with E-state index < -0.39 is 15.8 Å². The number of carbonyl (C=O) groups excluding carboxylic acids is 1. The summed E-state index contributed by atoms with van der Waals surface area (Å²) in [6, 6.07) is 6.55. The molecule has 9 heteroatoms. The maximum absolute atomic E-state index is 13.1. The van der Waals surface area contributed by atoms with Crippen molar-refractivity contribution in [3.05, 3.63) is 47.9 Å². The zero-order valence-electron chi connectivity index (χ0n) is 16.9. The molecule has 1 amide bonds. The van der Waals surface area contributed by atoms with E-state index in [0.717, 1.165) is 18.4 Å². The molecule has 3 rings (SSSR count). The van der Waals surface area contributed by atoms with Crippen LogP contribution >= 0.6 is 0 Å². The van der Waals surface area contributed by atoms with E-state index in [1.807, 2.05) is 0 Å². The summed E-state index contributed by atoms with van der Waals surface area (Å²) in [4.78, 5) is 21.7. The van der Waals surface area contributed by atoms with Gasteiger partial charge in [-0.05, 0) is 30.0 Å². The van der Waals surface area contributed by atoms with Gasteiger partial charge in [0.2, 0.25) is 5.91 Å². The third-order valence-corrected chi connectivity index (χ3v) is 6.54. The molecule has 0 spiro atoms. The van der Waals surface area contributed by atoms with Gasteiger partial charge in [0.15, 0.2) is 15.7 Å². The first-order valence-electron chi connectivity index (χ1n) is 9.94. The van der Waals surface area contributed by atoms with Gasteiger partial charge in [0, 0.05) is 18.9 Å². The molecule has 1 saturated carbocycles. The van der Waals surface area contributed by atoms with Crippen molar-refractivity contribution in [2.24, 2.45) is 11.1 Å². The molecule has 0 aliphatic heterocycles. The number of rotatable bonds is 8. The zero-order valence-corrected chi connectivity index (χ0v) is 17.7. The number of hydrogen-bond acceptors (Lipinski definition) is 7. The quantitative estimate of drug-likeness (QED) is 0.377. The second-order valence-corrected chi connectivity index (χ2v) is 9.68. The van der Waals surface area contributed by atoms with Gasteiger partial charge in [0.25, 0.3) is 0 Å². The summed E-state index contributed by atoms with van der Waals surface area (Å²) in [6.45, 7) is 0. The smallest absolute Gasteiger partial charge is 0.233 e. The Balaban J connectivity index is 1.78. The minimum atomic E-state index is -3.29. The Bertz CT molecular complexity index is 983. The Hall–Kier alpha value is -2.81. The average molecular weight is 431 g/mol. The minimum absolute atomic E-state index is 0.187. The Morgan fingerprint density at radius 1 is 1.23 bits per heavy atom. The van der Waals surface area contributed by atoms with Crippen molar-refractivity contribution in [2.45, 2.75) is 49.3 Å². The van der Waals surface area contributed by atoms with Gasteiger partial charge in [-0.2, -0.15) is 0 Å². The summed E-state index contributed by atoms with van der Waals surface area (Å²) in [7, 11) is -3.29. The highest BCUT2D eigenvalue weighted by Gasteiger charge is 2.27. The molecular weight excluding hydrogens is 404 g/mol. The van der Waals surface area contributed by atoms with Crippen LogP contribution in [0.25, 0.3) is 0 Å². The van der Waals surface area contributed by atoms with Gasteiger partial charge in [-0.15, -0.1) is 5.16 Å². The van der Waals surface area contributed by atoms with E-state index in [9.17, 15) is 13.2 Å². The third-order valence-electron chi connectivity index (χ3n) is 5.41. The molecule has 2 aromatic rings. The van der Waals surface area contributed by atoms with Crippen LogP contribution < -0.4 is 5.32 Å². The molecule has 160 valence electrons. The number of hydrogen-bond donors (Lipinski definition) is 2. The van der Waals surface area contributed by atoms with Gasteiger partial charge in [-0.3, -0.25) is 9.78 Å². The van der Waals surface area contributed by atoms with E-state index in [4.69, 9.17) is 5.21 Å². The predicted octanol–water partition coefficient (Wildman–Crippen LogP) is 3.19. The summed E-state index contributed by atoms with van der Waals surface area (Å²) in [5, 5.41) is 14.2. The number of nitrogens with one attached hydrogen (secondary N) is 1. The lowest BCUT2D eigenvalue weighted by Crippen LogP contribution is -2.24. The number of aromatic nitrogens is 2. The summed E-state index contributed by atoms with van der Waals surface area (Å²) in [5.41, 5.74) is 1.40. The average Bonchev–Trinajstić information content (AvgIpc) is 3.24. The normalized spacial score (nSPS) is 16.0. The van der Waals surface area contributed by atoms with Gasteiger partial charge in [-0.1, -0.05) is 37.8 Å². The second-order valence-electron chi connectivity index (χ2n) is 7.66. The Kier molecular flexibility index (Phi) is 7.15. The maximum Gasteiger partial charge on any atom is 0.233 e. The molecule has 1 atom stereocenters. The highest BCUT2D eigenvalue weighted by Crippen LogP contribution is 2.35. The SMILES string of the molecule is CS(=O)(=O)c1ccc([C@@H](CC2CCCC2)C(=O)Nc2cnc(CC=NO)cn2)cc1. The lowest BCUT2D eigenvalue weighted by atomic mass is 9.87. The van der Waals surface area contributed by atoms with E-state index in [2.05, 4.69) is 20.4 Å². The van der Waals surface area contributed by atoms with Gasteiger partial charge in [0.05, 0.1) is 28.9 Å². The molecule has 2 N–H and O–H groups in total. The lowest BCUT2D eigenvalue weighted by Gasteiger charge is -2.20. The first-order chi connectivity index (χ1) is 14.4. The van der Waals surface area contributed by atoms with Crippen molar-refractivity contribution >= 4 is 27.8 Å². The van der Waals surface area contributed by atoms with E-state index >= 15 is 0 Å². The monoisotopic (exact) mass is 430 g/mol. The molecule has 1 heterocycles. The molecule has 1 aromatic heterocycles. The Morgan fingerprint density at radius 2 is 1.93 bits per heavy atom. The zero-order chi connectivity index (χ0) is 21.6. The summed E-state index contributed by atoms with van der Waals surface area (Å²) >= 11 is 0. The van der Waals surface area contributed by atoms with E-state index in [0.29, 0.717) is 30.3 Å². The standard InChI is InChI=1S/C21H26N4O4S/c1-30(28,29)18-8-6-16(7-9-18)19(12-15-4-2-3-5-15)21(26)25-20-14-22-17(13-23-20)10-11-24-27/h6-9,11,13-15,19,27H,2-5,10,12H2,1H3,(H,23,25,26)/t19-/m1/s1. The van der Waals surface area contributed by atoms with Crippen LogP contribution in [0.4, 0.5) is 5.82 Å². The van der Waals surface area contributed by atoms with Crippen LogP contribution in [0.15, 0.2) is 46.7 Å². The molecular formula is C21H26N4O4S. The van der Waals surface area contributed by atoms with E-state index in [-0.39, 0.29) is 10.8 Å². The minimum Gasteiger partial charge on any atom is -0.411 e.